The van der Waals surface area contributed by atoms with Gasteiger partial charge in [0.1, 0.15) is 10.0 Å². The molecule has 0 aliphatic carbocycles. The number of hydrogen-bond acceptors (Lipinski definition) is 7. The normalized spacial score (nSPS) is 14.3. The minimum atomic E-state index is -3.96. The second-order valence-electron chi connectivity index (χ2n) is 6.31. The van der Waals surface area contributed by atoms with Crippen molar-refractivity contribution < 1.29 is 22.1 Å². The van der Waals surface area contributed by atoms with Gasteiger partial charge in [-0.3, -0.25) is 9.52 Å². The smallest absolute Gasteiger partial charge is 0.316 e. The van der Waals surface area contributed by atoms with Crippen LogP contribution in [0.3, 0.4) is 0 Å². The fourth-order valence-electron chi connectivity index (χ4n) is 2.83. The Bertz CT molecular complexity index is 1170. The Morgan fingerprint density at radius 1 is 1.28 bits per heavy atom. The molecular formula is C17H14ClFN4O4S2. The van der Waals surface area contributed by atoms with Crippen LogP contribution in [0.15, 0.2) is 38.4 Å². The molecule has 0 saturated carbocycles. The Morgan fingerprint density at radius 2 is 2.03 bits per heavy atom. The number of sulfonamides is 1. The molecule has 1 aliphatic heterocycles. The van der Waals surface area contributed by atoms with Gasteiger partial charge >= 0.3 is 11.8 Å². The van der Waals surface area contributed by atoms with Crippen molar-refractivity contribution in [1.29, 1.82) is 0 Å². The molecule has 1 aromatic carbocycles. The van der Waals surface area contributed by atoms with E-state index in [2.05, 4.69) is 14.9 Å². The van der Waals surface area contributed by atoms with E-state index in [0.717, 1.165) is 36.3 Å². The molecule has 1 amide bonds. The van der Waals surface area contributed by atoms with Crippen LogP contribution in [0.5, 0.6) is 0 Å². The Labute approximate surface area is 174 Å². The number of carbonyl (C=O) groups is 1. The minimum absolute atomic E-state index is 0.0230. The number of nitrogens with zero attached hydrogens (tertiary/aromatic N) is 3. The van der Waals surface area contributed by atoms with E-state index in [-0.39, 0.29) is 32.5 Å². The summed E-state index contributed by atoms with van der Waals surface area (Å²) in [5.74, 6) is -0.927. The van der Waals surface area contributed by atoms with Crippen molar-refractivity contribution >= 4 is 44.6 Å². The molecule has 3 aromatic rings. The van der Waals surface area contributed by atoms with Gasteiger partial charge in [-0.15, -0.1) is 11.3 Å². The highest BCUT2D eigenvalue weighted by Gasteiger charge is 2.26. The average Bonchev–Trinajstić information content (AvgIpc) is 3.44. The highest BCUT2D eigenvalue weighted by molar-refractivity contribution is 7.94. The third-order valence-electron chi connectivity index (χ3n) is 4.28. The quantitative estimate of drug-likeness (QED) is 0.628. The predicted molar refractivity (Wildman–Crippen MR) is 105 cm³/mol. The molecule has 0 bridgehead atoms. The summed E-state index contributed by atoms with van der Waals surface area (Å²) in [4.78, 5) is 18.0. The molecule has 0 spiro atoms. The number of carbonyl (C=O) groups excluding carboxylic acids is 1. The van der Waals surface area contributed by atoms with Gasteiger partial charge in [0.25, 0.3) is 10.0 Å². The predicted octanol–water partition coefficient (Wildman–Crippen LogP) is 3.63. The maximum absolute atomic E-state index is 13.1. The molecule has 4 rings (SSSR count). The number of nitrogens with one attached hydrogen (secondary N) is 1. The number of amides is 1. The molecule has 1 N–H and O–H groups in total. The van der Waals surface area contributed by atoms with Crippen molar-refractivity contribution in [2.24, 2.45) is 0 Å². The third kappa shape index (κ3) is 4.11. The number of anilines is 1. The first kappa shape index (κ1) is 19.8. The summed E-state index contributed by atoms with van der Waals surface area (Å²) < 4.78 is 45.7. The zero-order chi connectivity index (χ0) is 20.6. The summed E-state index contributed by atoms with van der Waals surface area (Å²) >= 11 is 6.82. The maximum atomic E-state index is 13.1. The summed E-state index contributed by atoms with van der Waals surface area (Å²) in [5, 5.41) is 5.25. The zero-order valence-electron chi connectivity index (χ0n) is 14.8. The van der Waals surface area contributed by atoms with Crippen LogP contribution < -0.4 is 4.72 Å². The van der Waals surface area contributed by atoms with Crippen molar-refractivity contribution in [3.05, 3.63) is 46.4 Å². The van der Waals surface area contributed by atoms with Gasteiger partial charge in [-0.25, -0.2) is 12.8 Å². The molecule has 0 atom stereocenters. The molecule has 1 fully saturated rings. The molecule has 152 valence electrons. The van der Waals surface area contributed by atoms with Crippen molar-refractivity contribution in [2.45, 2.75) is 17.1 Å². The Balaban J connectivity index is 1.54. The number of thiophene rings is 1. The first-order chi connectivity index (χ1) is 13.8. The number of halogens is 2. The van der Waals surface area contributed by atoms with Crippen LogP contribution in [0.4, 0.5) is 10.1 Å². The van der Waals surface area contributed by atoms with Gasteiger partial charge in [0, 0.05) is 24.0 Å². The molecule has 8 nitrogen and oxygen atoms in total. The number of hydrogen-bond donors (Lipinski definition) is 1. The van der Waals surface area contributed by atoms with E-state index in [1.807, 2.05) is 0 Å². The van der Waals surface area contributed by atoms with Crippen molar-refractivity contribution in [2.75, 3.05) is 17.8 Å². The maximum Gasteiger partial charge on any atom is 0.316 e. The standard InChI is InChI=1S/C17H14ClFN4O4S2/c18-12-8-11(19)3-4-13(12)22-29(25,26)14-7-10(9-28-14)15-20-16(27-21-15)17(24)23-5-1-2-6-23/h3-4,7-9,22H,1-2,5-6H2. The zero-order valence-corrected chi connectivity index (χ0v) is 17.2. The lowest BCUT2D eigenvalue weighted by atomic mass is 10.3. The summed E-state index contributed by atoms with van der Waals surface area (Å²) in [6.07, 6.45) is 1.87. The highest BCUT2D eigenvalue weighted by atomic mass is 35.5. The molecule has 29 heavy (non-hydrogen) atoms. The lowest BCUT2D eigenvalue weighted by Gasteiger charge is -2.10. The summed E-state index contributed by atoms with van der Waals surface area (Å²) in [7, 11) is -3.96. The van der Waals surface area contributed by atoms with Crippen LogP contribution >= 0.6 is 22.9 Å². The average molecular weight is 457 g/mol. The molecule has 12 heteroatoms. The van der Waals surface area contributed by atoms with Crippen LogP contribution in [0.25, 0.3) is 11.4 Å². The van der Waals surface area contributed by atoms with E-state index in [4.69, 9.17) is 16.1 Å². The van der Waals surface area contributed by atoms with Crippen LogP contribution in [-0.4, -0.2) is 42.5 Å². The van der Waals surface area contributed by atoms with Gasteiger partial charge in [0.15, 0.2) is 0 Å². The molecular weight excluding hydrogens is 443 g/mol. The second-order valence-corrected chi connectivity index (χ2v) is 9.53. The van der Waals surface area contributed by atoms with Gasteiger partial charge in [0.2, 0.25) is 5.82 Å². The van der Waals surface area contributed by atoms with Crippen LogP contribution in [0.2, 0.25) is 5.02 Å². The number of aromatic nitrogens is 2. The molecule has 2 aromatic heterocycles. The van der Waals surface area contributed by atoms with Gasteiger partial charge in [-0.1, -0.05) is 16.8 Å². The van der Waals surface area contributed by atoms with E-state index in [1.165, 1.54) is 17.5 Å². The topological polar surface area (TPSA) is 105 Å². The van der Waals surface area contributed by atoms with E-state index in [0.29, 0.717) is 18.7 Å². The van der Waals surface area contributed by atoms with Crippen LogP contribution in [0.1, 0.15) is 23.5 Å². The van der Waals surface area contributed by atoms with E-state index in [1.54, 1.807) is 4.90 Å². The summed E-state index contributed by atoms with van der Waals surface area (Å²) in [5.41, 5.74) is 0.450. The largest absolute Gasteiger partial charge is 0.334 e. The number of benzene rings is 1. The lowest BCUT2D eigenvalue weighted by molar-refractivity contribution is 0.0743. The molecule has 1 aliphatic rings. The third-order valence-corrected chi connectivity index (χ3v) is 7.39. The fourth-order valence-corrected chi connectivity index (χ4v) is 5.33. The molecule has 3 heterocycles. The van der Waals surface area contributed by atoms with Crippen molar-refractivity contribution in [3.8, 4) is 11.4 Å². The Morgan fingerprint density at radius 3 is 2.76 bits per heavy atom. The van der Waals surface area contributed by atoms with Gasteiger partial charge in [0.05, 0.1) is 10.7 Å². The highest BCUT2D eigenvalue weighted by Crippen LogP contribution is 2.30. The van der Waals surface area contributed by atoms with E-state index in [9.17, 15) is 17.6 Å². The van der Waals surface area contributed by atoms with Crippen LogP contribution in [0, 0.1) is 5.82 Å². The summed E-state index contributed by atoms with van der Waals surface area (Å²) in [6, 6.07) is 4.71. The van der Waals surface area contributed by atoms with Crippen LogP contribution in [-0.2, 0) is 10.0 Å². The second kappa shape index (κ2) is 7.73. The Kier molecular flexibility index (Phi) is 5.28. The van der Waals surface area contributed by atoms with Crippen molar-refractivity contribution in [1.82, 2.24) is 15.0 Å². The monoisotopic (exact) mass is 456 g/mol. The number of rotatable bonds is 5. The van der Waals surface area contributed by atoms with E-state index >= 15 is 0 Å². The fraction of sp³-hybridized carbons (Fsp3) is 0.235. The molecule has 1 saturated heterocycles. The summed E-state index contributed by atoms with van der Waals surface area (Å²) in [6.45, 7) is 1.30. The minimum Gasteiger partial charge on any atom is -0.334 e. The lowest BCUT2D eigenvalue weighted by Crippen LogP contribution is -2.27. The first-order valence-electron chi connectivity index (χ1n) is 8.53. The van der Waals surface area contributed by atoms with E-state index < -0.39 is 15.8 Å². The molecule has 0 unspecified atom stereocenters. The van der Waals surface area contributed by atoms with Gasteiger partial charge in [-0.2, -0.15) is 4.98 Å². The van der Waals surface area contributed by atoms with Crippen molar-refractivity contribution in [3.63, 3.8) is 0 Å². The Hall–Kier alpha value is -2.50. The first-order valence-corrected chi connectivity index (χ1v) is 11.3. The molecule has 0 radical (unpaired) electrons. The number of likely N-dealkylation sites (tertiary alicyclic amines) is 1. The van der Waals surface area contributed by atoms with Gasteiger partial charge < -0.3 is 9.42 Å². The SMILES string of the molecule is O=C(c1nc(-c2csc(S(=O)(=O)Nc3ccc(F)cc3Cl)c2)no1)N1CCCC1. The van der Waals surface area contributed by atoms with Gasteiger partial charge in [-0.05, 0) is 37.1 Å².